The number of amides is 2. The molecule has 0 N–H and O–H groups in total. The molecule has 2 saturated heterocycles. The predicted molar refractivity (Wildman–Crippen MR) is 117 cm³/mol. The number of benzene rings is 1. The third-order valence-corrected chi connectivity index (χ3v) is 6.36. The molecule has 2 amide bonds. The maximum absolute atomic E-state index is 12.7. The molecule has 1 aromatic rings. The summed E-state index contributed by atoms with van der Waals surface area (Å²) < 4.78 is 5.20. The average Bonchev–Trinajstić information content (AvgIpc) is 3.01. The third kappa shape index (κ3) is 5.45. The molecular weight excluding hydrogens is 408 g/mol. The van der Waals surface area contributed by atoms with Crippen molar-refractivity contribution >= 4 is 52.2 Å². The minimum atomic E-state index is -0.401. The molecule has 0 aromatic heterocycles. The number of hydrogen-bond donors (Lipinski definition) is 0. The van der Waals surface area contributed by atoms with Gasteiger partial charge < -0.3 is 9.64 Å². The van der Waals surface area contributed by atoms with E-state index in [0.717, 1.165) is 31.5 Å². The second-order valence-electron chi connectivity index (χ2n) is 6.99. The van der Waals surface area contributed by atoms with Gasteiger partial charge in [0.15, 0.2) is 0 Å². The Morgan fingerprint density at radius 1 is 1.17 bits per heavy atom. The minimum absolute atomic E-state index is 0.137. The van der Waals surface area contributed by atoms with Crippen molar-refractivity contribution in [3.8, 4) is 0 Å². The normalized spacial score (nSPS) is 18.4. The lowest BCUT2D eigenvalue weighted by Crippen LogP contribution is -2.36. The zero-order valence-corrected chi connectivity index (χ0v) is 18.0. The van der Waals surface area contributed by atoms with Gasteiger partial charge in [-0.15, -0.1) is 0 Å². The van der Waals surface area contributed by atoms with Gasteiger partial charge in [-0.3, -0.25) is 14.5 Å². The summed E-state index contributed by atoms with van der Waals surface area (Å²) in [6.07, 6.45) is 6.14. The Labute approximate surface area is 180 Å². The van der Waals surface area contributed by atoms with Gasteiger partial charge in [-0.2, -0.15) is 0 Å². The molecule has 2 fully saturated rings. The molecule has 0 saturated carbocycles. The van der Waals surface area contributed by atoms with Crippen molar-refractivity contribution in [2.75, 3.05) is 26.7 Å². The molecule has 3 rings (SSSR count). The van der Waals surface area contributed by atoms with Gasteiger partial charge >= 0.3 is 5.97 Å². The van der Waals surface area contributed by atoms with Gasteiger partial charge in [0, 0.05) is 26.1 Å². The van der Waals surface area contributed by atoms with Gasteiger partial charge in [-0.25, -0.2) is 4.79 Å². The second kappa shape index (κ2) is 10.0. The van der Waals surface area contributed by atoms with Crippen molar-refractivity contribution in [1.82, 2.24) is 9.80 Å². The second-order valence-corrected chi connectivity index (χ2v) is 8.67. The van der Waals surface area contributed by atoms with Crippen LogP contribution in [0.3, 0.4) is 0 Å². The molecule has 0 bridgehead atoms. The zero-order valence-electron chi connectivity index (χ0n) is 16.4. The van der Waals surface area contributed by atoms with E-state index in [9.17, 15) is 14.4 Å². The van der Waals surface area contributed by atoms with E-state index in [4.69, 9.17) is 12.2 Å². The van der Waals surface area contributed by atoms with E-state index in [0.29, 0.717) is 34.2 Å². The van der Waals surface area contributed by atoms with Crippen LogP contribution in [0.4, 0.5) is 0 Å². The maximum atomic E-state index is 12.7. The number of methoxy groups -OCH3 is 1. The van der Waals surface area contributed by atoms with E-state index >= 15 is 0 Å². The number of piperidine rings is 1. The summed E-state index contributed by atoms with van der Waals surface area (Å²) in [5, 5.41) is 0. The van der Waals surface area contributed by atoms with E-state index in [-0.39, 0.29) is 11.8 Å². The fourth-order valence-corrected chi connectivity index (χ4v) is 4.68. The van der Waals surface area contributed by atoms with Gasteiger partial charge in [0.1, 0.15) is 4.32 Å². The largest absolute Gasteiger partial charge is 0.465 e. The van der Waals surface area contributed by atoms with Crippen LogP contribution in [0.25, 0.3) is 6.08 Å². The number of hydrogen-bond acceptors (Lipinski definition) is 6. The van der Waals surface area contributed by atoms with Crippen LogP contribution in [0.15, 0.2) is 29.2 Å². The van der Waals surface area contributed by atoms with E-state index in [2.05, 4.69) is 4.74 Å². The standard InChI is InChI=1S/C21H24N2O4S2/c1-27-20(26)16-9-7-15(8-10-16)14-17-19(25)23(21(28)29-17)13-5-6-18(24)22-11-3-2-4-12-22/h7-10,14H,2-6,11-13H2,1H3/b17-14-. The Morgan fingerprint density at radius 2 is 1.86 bits per heavy atom. The molecule has 1 aromatic carbocycles. The first kappa shape index (κ1) is 21.5. The highest BCUT2D eigenvalue weighted by molar-refractivity contribution is 8.26. The van der Waals surface area contributed by atoms with E-state index in [1.54, 1.807) is 35.2 Å². The fourth-order valence-electron chi connectivity index (χ4n) is 3.37. The summed E-state index contributed by atoms with van der Waals surface area (Å²) in [5.74, 6) is -0.374. The zero-order chi connectivity index (χ0) is 20.8. The molecule has 6 nitrogen and oxygen atoms in total. The lowest BCUT2D eigenvalue weighted by atomic mass is 10.1. The molecule has 0 radical (unpaired) electrons. The van der Waals surface area contributed by atoms with Crippen molar-refractivity contribution in [3.05, 3.63) is 40.3 Å². The number of ether oxygens (including phenoxy) is 1. The van der Waals surface area contributed by atoms with Gasteiger partial charge in [0.05, 0.1) is 17.6 Å². The van der Waals surface area contributed by atoms with Crippen LogP contribution in [0, 0.1) is 0 Å². The highest BCUT2D eigenvalue weighted by Crippen LogP contribution is 2.32. The molecule has 2 aliphatic heterocycles. The summed E-state index contributed by atoms with van der Waals surface area (Å²) in [5.41, 5.74) is 1.26. The Bertz CT molecular complexity index is 830. The Hall–Kier alpha value is -2.19. The highest BCUT2D eigenvalue weighted by Gasteiger charge is 2.31. The van der Waals surface area contributed by atoms with Crippen molar-refractivity contribution in [2.24, 2.45) is 0 Å². The molecule has 0 unspecified atom stereocenters. The fraction of sp³-hybridized carbons (Fsp3) is 0.429. The van der Waals surface area contributed by atoms with Gasteiger partial charge in [-0.1, -0.05) is 36.1 Å². The Morgan fingerprint density at radius 3 is 2.52 bits per heavy atom. The topological polar surface area (TPSA) is 66.9 Å². The third-order valence-electron chi connectivity index (χ3n) is 4.98. The number of thioether (sulfide) groups is 1. The van der Waals surface area contributed by atoms with Gasteiger partial charge in [-0.05, 0) is 49.5 Å². The van der Waals surface area contributed by atoms with Crippen molar-refractivity contribution in [3.63, 3.8) is 0 Å². The van der Waals surface area contributed by atoms with Gasteiger partial charge in [0.2, 0.25) is 5.91 Å². The molecule has 0 aliphatic carbocycles. The monoisotopic (exact) mass is 432 g/mol. The van der Waals surface area contributed by atoms with E-state index in [1.807, 2.05) is 4.90 Å². The van der Waals surface area contributed by atoms with Crippen LogP contribution in [-0.4, -0.2) is 58.6 Å². The summed E-state index contributed by atoms with van der Waals surface area (Å²) >= 11 is 6.62. The number of carbonyl (C=O) groups is 3. The SMILES string of the molecule is COC(=O)c1ccc(/C=C2\SC(=S)N(CCCC(=O)N3CCCCC3)C2=O)cc1. The van der Waals surface area contributed by atoms with Crippen molar-refractivity contribution in [2.45, 2.75) is 32.1 Å². The first-order chi connectivity index (χ1) is 14.0. The van der Waals surface area contributed by atoms with Crippen LogP contribution >= 0.6 is 24.0 Å². The molecule has 154 valence electrons. The van der Waals surface area contributed by atoms with Gasteiger partial charge in [0.25, 0.3) is 5.91 Å². The summed E-state index contributed by atoms with van der Waals surface area (Å²) in [6.45, 7) is 2.14. The Kier molecular flexibility index (Phi) is 7.44. The van der Waals surface area contributed by atoms with Crippen LogP contribution in [0.5, 0.6) is 0 Å². The van der Waals surface area contributed by atoms with Crippen LogP contribution in [0.1, 0.15) is 48.0 Å². The highest BCUT2D eigenvalue weighted by atomic mass is 32.2. The summed E-state index contributed by atoms with van der Waals surface area (Å²) in [6, 6.07) is 6.83. The molecule has 0 spiro atoms. The number of esters is 1. The lowest BCUT2D eigenvalue weighted by Gasteiger charge is -2.27. The lowest BCUT2D eigenvalue weighted by molar-refractivity contribution is -0.132. The smallest absolute Gasteiger partial charge is 0.337 e. The average molecular weight is 433 g/mol. The maximum Gasteiger partial charge on any atom is 0.337 e. The first-order valence-electron chi connectivity index (χ1n) is 9.71. The van der Waals surface area contributed by atoms with Crippen molar-refractivity contribution in [1.29, 1.82) is 0 Å². The van der Waals surface area contributed by atoms with Crippen LogP contribution < -0.4 is 0 Å². The number of thiocarbonyl (C=S) groups is 1. The van der Waals surface area contributed by atoms with Crippen LogP contribution in [0.2, 0.25) is 0 Å². The quantitative estimate of drug-likeness (QED) is 0.390. The van der Waals surface area contributed by atoms with E-state index in [1.165, 1.54) is 25.3 Å². The Balaban J connectivity index is 1.55. The summed E-state index contributed by atoms with van der Waals surface area (Å²) in [7, 11) is 1.34. The molecular formula is C21H24N2O4S2. The molecule has 2 heterocycles. The number of carbonyl (C=O) groups excluding carboxylic acids is 3. The molecule has 0 atom stereocenters. The molecule has 2 aliphatic rings. The first-order valence-corrected chi connectivity index (χ1v) is 10.9. The number of likely N-dealkylation sites (tertiary alicyclic amines) is 1. The molecule has 29 heavy (non-hydrogen) atoms. The van der Waals surface area contributed by atoms with E-state index < -0.39 is 5.97 Å². The molecule has 8 heteroatoms. The van der Waals surface area contributed by atoms with Crippen molar-refractivity contribution < 1.29 is 19.1 Å². The van der Waals surface area contributed by atoms with Crippen LogP contribution in [-0.2, 0) is 14.3 Å². The predicted octanol–water partition coefficient (Wildman–Crippen LogP) is 3.47. The summed E-state index contributed by atoms with van der Waals surface area (Å²) in [4.78, 5) is 40.5. The number of nitrogens with zero attached hydrogens (tertiary/aromatic N) is 2. The number of rotatable bonds is 6. The minimum Gasteiger partial charge on any atom is -0.465 e.